The summed E-state index contributed by atoms with van der Waals surface area (Å²) >= 11 is 0. The number of carbonyl (C=O) groups is 3. The van der Waals surface area contributed by atoms with E-state index >= 15 is 0 Å². The van der Waals surface area contributed by atoms with Crippen LogP contribution in [0.5, 0.6) is 0 Å². The first-order valence-electron chi connectivity index (χ1n) is 7.65. The molecule has 3 amide bonds. The van der Waals surface area contributed by atoms with Crippen molar-refractivity contribution in [1.29, 1.82) is 0 Å². The van der Waals surface area contributed by atoms with Crippen molar-refractivity contribution in [1.82, 2.24) is 0 Å². The number of nitrogens with one attached hydrogen (secondary N) is 2. The zero-order valence-electron chi connectivity index (χ0n) is 12.9. The maximum Gasteiger partial charge on any atom is 0.255 e. The van der Waals surface area contributed by atoms with Crippen molar-refractivity contribution in [2.24, 2.45) is 11.7 Å². The van der Waals surface area contributed by atoms with Gasteiger partial charge in [0.05, 0.1) is 11.3 Å². The molecule has 1 fully saturated rings. The van der Waals surface area contributed by atoms with E-state index in [1.807, 2.05) is 0 Å². The third kappa shape index (κ3) is 3.60. The van der Waals surface area contributed by atoms with Crippen LogP contribution < -0.4 is 16.4 Å². The summed E-state index contributed by atoms with van der Waals surface area (Å²) in [6.07, 6.45) is 1.83. The summed E-state index contributed by atoms with van der Waals surface area (Å²) in [7, 11) is 0. The van der Waals surface area contributed by atoms with E-state index in [-0.39, 0.29) is 23.3 Å². The highest BCUT2D eigenvalue weighted by Gasteiger charge is 2.29. The van der Waals surface area contributed by atoms with E-state index in [0.717, 1.165) is 12.8 Å². The molecule has 0 heterocycles. The van der Waals surface area contributed by atoms with Crippen molar-refractivity contribution < 1.29 is 14.4 Å². The van der Waals surface area contributed by atoms with Crippen LogP contribution in [0.15, 0.2) is 48.5 Å². The molecule has 0 spiro atoms. The Hall–Kier alpha value is -3.15. The first-order valence-corrected chi connectivity index (χ1v) is 7.65. The van der Waals surface area contributed by atoms with Crippen LogP contribution in [0.1, 0.15) is 33.6 Å². The first kappa shape index (κ1) is 15.7. The van der Waals surface area contributed by atoms with Crippen LogP contribution in [-0.4, -0.2) is 17.7 Å². The van der Waals surface area contributed by atoms with Crippen LogP contribution in [0.25, 0.3) is 0 Å². The molecule has 2 aromatic carbocycles. The summed E-state index contributed by atoms with van der Waals surface area (Å²) in [5.74, 6) is -0.931. The van der Waals surface area contributed by atoms with Gasteiger partial charge in [-0.15, -0.1) is 0 Å². The number of hydrogen-bond acceptors (Lipinski definition) is 3. The Bertz CT molecular complexity index is 813. The van der Waals surface area contributed by atoms with Gasteiger partial charge in [0.15, 0.2) is 0 Å². The second-order valence-electron chi connectivity index (χ2n) is 5.71. The lowest BCUT2D eigenvalue weighted by molar-refractivity contribution is -0.117. The van der Waals surface area contributed by atoms with Gasteiger partial charge < -0.3 is 16.4 Å². The van der Waals surface area contributed by atoms with Crippen LogP contribution in [0.4, 0.5) is 11.4 Å². The molecule has 0 unspecified atom stereocenters. The fourth-order valence-corrected chi connectivity index (χ4v) is 2.33. The van der Waals surface area contributed by atoms with Gasteiger partial charge in [-0.2, -0.15) is 0 Å². The number of amides is 3. The highest BCUT2D eigenvalue weighted by atomic mass is 16.2. The highest BCUT2D eigenvalue weighted by molar-refractivity contribution is 6.09. The average Bonchev–Trinajstić information content (AvgIpc) is 3.40. The molecule has 4 N–H and O–H groups in total. The predicted molar refractivity (Wildman–Crippen MR) is 90.7 cm³/mol. The minimum Gasteiger partial charge on any atom is -0.366 e. The minimum atomic E-state index is -0.614. The van der Waals surface area contributed by atoms with Crippen molar-refractivity contribution in [3.8, 4) is 0 Å². The number of carbonyl (C=O) groups excluding carboxylic acids is 3. The lowest BCUT2D eigenvalue weighted by Crippen LogP contribution is -2.18. The average molecular weight is 323 g/mol. The van der Waals surface area contributed by atoms with Gasteiger partial charge in [-0.25, -0.2) is 0 Å². The van der Waals surface area contributed by atoms with E-state index in [4.69, 9.17) is 5.73 Å². The van der Waals surface area contributed by atoms with Gasteiger partial charge in [-0.3, -0.25) is 14.4 Å². The fraction of sp³-hybridized carbons (Fsp3) is 0.167. The van der Waals surface area contributed by atoms with Crippen LogP contribution >= 0.6 is 0 Å². The summed E-state index contributed by atoms with van der Waals surface area (Å²) in [5.41, 5.74) is 6.84. The Morgan fingerprint density at radius 2 is 1.71 bits per heavy atom. The predicted octanol–water partition coefficient (Wildman–Crippen LogP) is 2.39. The molecule has 2 aromatic rings. The van der Waals surface area contributed by atoms with Crippen molar-refractivity contribution in [3.05, 3.63) is 59.7 Å². The number of nitrogens with two attached hydrogens (primary N) is 1. The molecule has 122 valence electrons. The zero-order valence-corrected chi connectivity index (χ0v) is 12.9. The number of anilines is 2. The molecule has 1 aliphatic rings. The summed E-state index contributed by atoms with van der Waals surface area (Å²) in [5, 5.41) is 5.47. The molecular weight excluding hydrogens is 306 g/mol. The maximum absolute atomic E-state index is 12.4. The van der Waals surface area contributed by atoms with Crippen LogP contribution in [0, 0.1) is 5.92 Å². The maximum atomic E-state index is 12.4. The zero-order chi connectivity index (χ0) is 17.1. The van der Waals surface area contributed by atoms with Crippen LogP contribution in [0.2, 0.25) is 0 Å². The van der Waals surface area contributed by atoms with Crippen molar-refractivity contribution in [2.45, 2.75) is 12.8 Å². The van der Waals surface area contributed by atoms with Crippen LogP contribution in [-0.2, 0) is 4.79 Å². The minimum absolute atomic E-state index is 0.0216. The molecule has 1 aliphatic carbocycles. The van der Waals surface area contributed by atoms with E-state index in [1.165, 1.54) is 0 Å². The Kier molecular flexibility index (Phi) is 4.29. The second kappa shape index (κ2) is 6.54. The van der Waals surface area contributed by atoms with E-state index in [0.29, 0.717) is 16.9 Å². The summed E-state index contributed by atoms with van der Waals surface area (Å²) in [6, 6.07) is 13.2. The molecule has 0 aromatic heterocycles. The molecule has 1 saturated carbocycles. The monoisotopic (exact) mass is 323 g/mol. The van der Waals surface area contributed by atoms with Gasteiger partial charge in [0, 0.05) is 17.2 Å². The number of benzene rings is 2. The standard InChI is InChI=1S/C18H17N3O3/c19-16(22)14-6-1-2-7-15(14)21-18(24)12-4-3-5-13(10-12)20-17(23)11-8-9-11/h1-7,10-11H,8-9H2,(H2,19,22)(H,20,23)(H,21,24). The Balaban J connectivity index is 1.75. The lowest BCUT2D eigenvalue weighted by Gasteiger charge is -2.10. The van der Waals surface area contributed by atoms with Crippen molar-refractivity contribution in [2.75, 3.05) is 10.6 Å². The van der Waals surface area contributed by atoms with Crippen molar-refractivity contribution >= 4 is 29.1 Å². The summed E-state index contributed by atoms with van der Waals surface area (Å²) < 4.78 is 0. The molecule has 6 heteroatoms. The molecule has 6 nitrogen and oxygen atoms in total. The third-order valence-corrected chi connectivity index (χ3v) is 3.78. The smallest absolute Gasteiger partial charge is 0.255 e. The number of primary amides is 1. The number of rotatable bonds is 5. The normalized spacial score (nSPS) is 13.2. The van der Waals surface area contributed by atoms with Gasteiger partial charge in [-0.1, -0.05) is 18.2 Å². The molecule has 0 bridgehead atoms. The quantitative estimate of drug-likeness (QED) is 0.787. The van der Waals surface area contributed by atoms with Gasteiger partial charge >= 0.3 is 0 Å². The van der Waals surface area contributed by atoms with E-state index in [9.17, 15) is 14.4 Å². The van der Waals surface area contributed by atoms with E-state index in [1.54, 1.807) is 48.5 Å². The Labute approximate surface area is 139 Å². The molecule has 0 aliphatic heterocycles. The highest BCUT2D eigenvalue weighted by Crippen LogP contribution is 2.30. The van der Waals surface area contributed by atoms with Crippen LogP contribution in [0.3, 0.4) is 0 Å². The second-order valence-corrected chi connectivity index (χ2v) is 5.71. The largest absolute Gasteiger partial charge is 0.366 e. The molecule has 3 rings (SSSR count). The SMILES string of the molecule is NC(=O)c1ccccc1NC(=O)c1cccc(NC(=O)C2CC2)c1. The molecule has 24 heavy (non-hydrogen) atoms. The Morgan fingerprint density at radius 1 is 0.958 bits per heavy atom. The van der Waals surface area contributed by atoms with Gasteiger partial charge in [0.1, 0.15) is 0 Å². The Morgan fingerprint density at radius 3 is 2.42 bits per heavy atom. The molecule has 0 atom stereocenters. The topological polar surface area (TPSA) is 101 Å². The summed E-state index contributed by atoms with van der Waals surface area (Å²) in [6.45, 7) is 0. The molecule has 0 saturated heterocycles. The molecule has 0 radical (unpaired) electrons. The third-order valence-electron chi connectivity index (χ3n) is 3.78. The lowest BCUT2D eigenvalue weighted by atomic mass is 10.1. The van der Waals surface area contributed by atoms with E-state index < -0.39 is 5.91 Å². The van der Waals surface area contributed by atoms with Gasteiger partial charge in [0.25, 0.3) is 11.8 Å². The summed E-state index contributed by atoms with van der Waals surface area (Å²) in [4.78, 5) is 35.6. The van der Waals surface area contributed by atoms with E-state index in [2.05, 4.69) is 10.6 Å². The number of para-hydroxylation sites is 1. The first-order chi connectivity index (χ1) is 11.5. The fourth-order valence-electron chi connectivity index (χ4n) is 2.33. The number of hydrogen-bond donors (Lipinski definition) is 3. The van der Waals surface area contributed by atoms with Crippen molar-refractivity contribution in [3.63, 3.8) is 0 Å². The van der Waals surface area contributed by atoms with Gasteiger partial charge in [0.2, 0.25) is 5.91 Å². The molecular formula is C18H17N3O3. The van der Waals surface area contributed by atoms with Gasteiger partial charge in [-0.05, 0) is 43.2 Å².